The van der Waals surface area contributed by atoms with Crippen molar-refractivity contribution in [3.63, 3.8) is 0 Å². The van der Waals surface area contributed by atoms with Crippen molar-refractivity contribution in [1.82, 2.24) is 9.69 Å². The topological polar surface area (TPSA) is 42.0 Å². The average molecular weight is 262 g/mol. The third-order valence-electron chi connectivity index (χ3n) is 2.77. The fourth-order valence-corrected chi connectivity index (χ4v) is 2.31. The number of nitrogens with one attached hydrogen (secondary N) is 1. The number of amides is 1. The minimum atomic E-state index is -0.301. The van der Waals surface area contributed by atoms with Gasteiger partial charge in [-0.1, -0.05) is 12.1 Å². The van der Waals surface area contributed by atoms with E-state index in [4.69, 9.17) is 0 Å². The van der Waals surface area contributed by atoms with Gasteiger partial charge in [-0.05, 0) is 42.6 Å². The lowest BCUT2D eigenvalue weighted by Crippen LogP contribution is -2.24. The molecule has 5 heteroatoms. The molecule has 0 spiro atoms. The number of hydrogen-bond acceptors (Lipinski definition) is 3. The van der Waals surface area contributed by atoms with Crippen LogP contribution in [-0.4, -0.2) is 16.3 Å². The molecule has 1 heterocycles. The van der Waals surface area contributed by atoms with Crippen molar-refractivity contribution in [2.24, 2.45) is 0 Å². The van der Waals surface area contributed by atoms with E-state index in [1.54, 1.807) is 18.2 Å². The molecule has 1 N–H and O–H groups in total. The molecule has 1 amide bonds. The van der Waals surface area contributed by atoms with E-state index in [0.29, 0.717) is 22.2 Å². The molecule has 1 aromatic carbocycles. The Balaban J connectivity index is 1.82. The number of halogens is 1. The number of rotatable bonds is 3. The van der Waals surface area contributed by atoms with Gasteiger partial charge in [0.2, 0.25) is 0 Å². The highest BCUT2D eigenvalue weighted by molar-refractivity contribution is 7.08. The maximum absolute atomic E-state index is 13.1. The van der Waals surface area contributed by atoms with Gasteiger partial charge in [0.1, 0.15) is 10.7 Å². The molecule has 1 aromatic heterocycles. The van der Waals surface area contributed by atoms with E-state index in [-0.39, 0.29) is 11.7 Å². The summed E-state index contributed by atoms with van der Waals surface area (Å²) in [7, 11) is 0. The van der Waals surface area contributed by atoms with Gasteiger partial charge in [-0.3, -0.25) is 4.79 Å². The second kappa shape index (κ2) is 4.49. The Kier molecular flexibility index (Phi) is 2.83. The normalized spacial score (nSPS) is 14.5. The van der Waals surface area contributed by atoms with Crippen LogP contribution in [0.4, 0.5) is 4.39 Å². The lowest BCUT2D eigenvalue weighted by atomic mass is 10.1. The summed E-state index contributed by atoms with van der Waals surface area (Å²) in [4.78, 5) is 12.4. The van der Waals surface area contributed by atoms with E-state index < -0.39 is 0 Å². The van der Waals surface area contributed by atoms with Gasteiger partial charge in [-0.15, -0.1) is 0 Å². The molecule has 0 saturated heterocycles. The third kappa shape index (κ3) is 2.41. The standard InChI is InChI=1S/C13H11FN2OS/c14-9-3-1-2-8(6-9)11-7-12(18-16-11)13(17)15-10-4-5-10/h1-3,6-7,10H,4-5H2,(H,15,17). The van der Waals surface area contributed by atoms with Crippen molar-refractivity contribution in [2.45, 2.75) is 18.9 Å². The molecule has 1 saturated carbocycles. The first-order chi connectivity index (χ1) is 8.72. The van der Waals surface area contributed by atoms with Crippen LogP contribution in [0.3, 0.4) is 0 Å². The highest BCUT2D eigenvalue weighted by Gasteiger charge is 2.24. The smallest absolute Gasteiger partial charge is 0.263 e. The molecule has 3 nitrogen and oxygen atoms in total. The quantitative estimate of drug-likeness (QED) is 0.924. The Bertz CT molecular complexity index is 592. The zero-order chi connectivity index (χ0) is 12.5. The minimum absolute atomic E-state index is 0.0855. The average Bonchev–Trinajstić information content (AvgIpc) is 3.03. The Morgan fingerprint density at radius 1 is 1.39 bits per heavy atom. The maximum Gasteiger partial charge on any atom is 0.263 e. The summed E-state index contributed by atoms with van der Waals surface area (Å²) in [6.07, 6.45) is 2.11. The van der Waals surface area contributed by atoms with Crippen LogP contribution < -0.4 is 5.32 Å². The van der Waals surface area contributed by atoms with Crippen LogP contribution in [0.5, 0.6) is 0 Å². The number of hydrogen-bond donors (Lipinski definition) is 1. The van der Waals surface area contributed by atoms with E-state index in [9.17, 15) is 9.18 Å². The van der Waals surface area contributed by atoms with Gasteiger partial charge >= 0.3 is 0 Å². The van der Waals surface area contributed by atoms with Gasteiger partial charge in [-0.2, -0.15) is 4.37 Å². The lowest BCUT2D eigenvalue weighted by Gasteiger charge is -1.98. The van der Waals surface area contributed by atoms with Gasteiger partial charge in [0.25, 0.3) is 5.91 Å². The van der Waals surface area contributed by atoms with Crippen LogP contribution in [0.2, 0.25) is 0 Å². The predicted molar refractivity (Wildman–Crippen MR) is 68.0 cm³/mol. The number of benzene rings is 1. The molecule has 1 aliphatic carbocycles. The van der Waals surface area contributed by atoms with Gasteiger partial charge in [0.05, 0.1) is 5.69 Å². The number of aromatic nitrogens is 1. The van der Waals surface area contributed by atoms with Crippen LogP contribution in [0.15, 0.2) is 30.3 Å². The molecular formula is C13H11FN2OS. The van der Waals surface area contributed by atoms with Crippen molar-refractivity contribution in [1.29, 1.82) is 0 Å². The zero-order valence-corrected chi connectivity index (χ0v) is 10.3. The SMILES string of the molecule is O=C(NC1CC1)c1cc(-c2cccc(F)c2)ns1. The highest BCUT2D eigenvalue weighted by Crippen LogP contribution is 2.24. The van der Waals surface area contributed by atoms with Crippen molar-refractivity contribution < 1.29 is 9.18 Å². The molecule has 0 bridgehead atoms. The molecule has 0 radical (unpaired) electrons. The van der Waals surface area contributed by atoms with Crippen LogP contribution in [0.1, 0.15) is 22.5 Å². The molecule has 0 aliphatic heterocycles. The summed E-state index contributed by atoms with van der Waals surface area (Å²) >= 11 is 1.14. The fourth-order valence-electron chi connectivity index (χ4n) is 1.65. The molecule has 1 fully saturated rings. The second-order valence-electron chi connectivity index (χ2n) is 4.33. The van der Waals surface area contributed by atoms with Gasteiger partial charge in [0, 0.05) is 11.6 Å². The molecule has 0 atom stereocenters. The fraction of sp³-hybridized carbons (Fsp3) is 0.231. The van der Waals surface area contributed by atoms with Crippen molar-refractivity contribution >= 4 is 17.4 Å². The number of nitrogens with zero attached hydrogens (tertiary/aromatic N) is 1. The molecule has 92 valence electrons. The van der Waals surface area contributed by atoms with Crippen LogP contribution in [-0.2, 0) is 0 Å². The highest BCUT2D eigenvalue weighted by atomic mass is 32.1. The van der Waals surface area contributed by atoms with E-state index in [1.165, 1.54) is 12.1 Å². The summed E-state index contributed by atoms with van der Waals surface area (Å²) in [5, 5.41) is 2.90. The second-order valence-corrected chi connectivity index (χ2v) is 5.14. The summed E-state index contributed by atoms with van der Waals surface area (Å²) < 4.78 is 17.3. The van der Waals surface area contributed by atoms with Crippen LogP contribution in [0, 0.1) is 5.82 Å². The number of carbonyl (C=O) groups is 1. The van der Waals surface area contributed by atoms with Crippen molar-refractivity contribution in [2.75, 3.05) is 0 Å². The molecule has 1 aliphatic rings. The molecular weight excluding hydrogens is 251 g/mol. The molecule has 2 aromatic rings. The first-order valence-electron chi connectivity index (χ1n) is 5.76. The van der Waals surface area contributed by atoms with Crippen LogP contribution in [0.25, 0.3) is 11.3 Å². The van der Waals surface area contributed by atoms with E-state index >= 15 is 0 Å². The molecule has 3 rings (SSSR count). The number of carbonyl (C=O) groups excluding carboxylic acids is 1. The summed E-state index contributed by atoms with van der Waals surface area (Å²) in [5.74, 6) is -0.387. The molecule has 18 heavy (non-hydrogen) atoms. The first-order valence-corrected chi connectivity index (χ1v) is 6.53. The first kappa shape index (κ1) is 11.3. The van der Waals surface area contributed by atoms with Gasteiger partial charge < -0.3 is 5.32 Å². The molecule has 0 unspecified atom stereocenters. The van der Waals surface area contributed by atoms with Crippen molar-refractivity contribution in [3.8, 4) is 11.3 Å². The third-order valence-corrected chi connectivity index (χ3v) is 3.55. The Hall–Kier alpha value is -1.75. The largest absolute Gasteiger partial charge is 0.349 e. The zero-order valence-electron chi connectivity index (χ0n) is 9.52. The monoisotopic (exact) mass is 262 g/mol. The summed E-state index contributed by atoms with van der Waals surface area (Å²) in [6, 6.07) is 8.25. The Labute approximate surface area is 108 Å². The Morgan fingerprint density at radius 2 is 2.22 bits per heavy atom. The predicted octanol–water partition coefficient (Wildman–Crippen LogP) is 2.84. The summed E-state index contributed by atoms with van der Waals surface area (Å²) in [5.41, 5.74) is 1.33. The van der Waals surface area contributed by atoms with Crippen LogP contribution >= 0.6 is 11.5 Å². The van der Waals surface area contributed by atoms with Gasteiger partial charge in [0.15, 0.2) is 0 Å². The van der Waals surface area contributed by atoms with E-state index in [2.05, 4.69) is 9.69 Å². The van der Waals surface area contributed by atoms with E-state index in [1.807, 2.05) is 0 Å². The minimum Gasteiger partial charge on any atom is -0.349 e. The lowest BCUT2D eigenvalue weighted by molar-refractivity contribution is 0.0955. The van der Waals surface area contributed by atoms with Crippen molar-refractivity contribution in [3.05, 3.63) is 41.0 Å². The summed E-state index contributed by atoms with van der Waals surface area (Å²) in [6.45, 7) is 0. The maximum atomic E-state index is 13.1. The van der Waals surface area contributed by atoms with E-state index in [0.717, 1.165) is 24.4 Å². The Morgan fingerprint density at radius 3 is 2.94 bits per heavy atom. The van der Waals surface area contributed by atoms with Gasteiger partial charge in [-0.25, -0.2) is 4.39 Å².